The number of pyridine rings is 1. The van der Waals surface area contributed by atoms with Crippen molar-refractivity contribution in [3.8, 4) is 11.5 Å². The SMILES string of the molecule is N=C(N)NCCN1CCN(C(=O)NC(C(=O)N[C@H]2Cc3ccc(F)c(C(=O)O)c3OB2O)c2ncc(O)cc2F)C(=O)C1=O. The molecule has 1 aromatic heterocycles. The fourth-order valence-electron chi connectivity index (χ4n) is 4.54. The third-order valence-corrected chi connectivity index (χ3v) is 6.66. The zero-order chi connectivity index (χ0) is 32.3. The number of amides is 5. The summed E-state index contributed by atoms with van der Waals surface area (Å²) in [6.45, 7) is -0.375. The van der Waals surface area contributed by atoms with Crippen molar-refractivity contribution in [1.29, 1.82) is 5.41 Å². The monoisotopic (exact) mass is 618 g/mol. The smallest absolute Gasteiger partial charge is 0.534 e. The van der Waals surface area contributed by atoms with E-state index in [1.54, 1.807) is 0 Å². The van der Waals surface area contributed by atoms with Crippen molar-refractivity contribution in [3.63, 3.8) is 0 Å². The first-order valence-electron chi connectivity index (χ1n) is 12.8. The minimum Gasteiger partial charge on any atom is -0.534 e. The second kappa shape index (κ2) is 12.8. The highest BCUT2D eigenvalue weighted by molar-refractivity contribution is 6.47. The van der Waals surface area contributed by atoms with Gasteiger partial charge in [0.2, 0.25) is 5.91 Å². The zero-order valence-electron chi connectivity index (χ0n) is 22.5. The largest absolute Gasteiger partial charge is 0.547 e. The van der Waals surface area contributed by atoms with E-state index in [0.717, 1.165) is 17.2 Å². The number of nitrogens with one attached hydrogen (secondary N) is 4. The van der Waals surface area contributed by atoms with E-state index in [0.29, 0.717) is 11.0 Å². The van der Waals surface area contributed by atoms with Crippen LogP contribution in [0.5, 0.6) is 11.5 Å². The fraction of sp³-hybridized carbons (Fsp3) is 0.292. The van der Waals surface area contributed by atoms with Crippen molar-refractivity contribution in [2.45, 2.75) is 18.4 Å². The lowest BCUT2D eigenvalue weighted by Crippen LogP contribution is -2.60. The number of carboxylic acids is 1. The lowest BCUT2D eigenvalue weighted by Gasteiger charge is -2.33. The van der Waals surface area contributed by atoms with E-state index in [1.165, 1.54) is 6.07 Å². The molecule has 5 amide bonds. The number of piperazine rings is 1. The van der Waals surface area contributed by atoms with Crippen LogP contribution in [0.4, 0.5) is 13.6 Å². The summed E-state index contributed by atoms with van der Waals surface area (Å²) in [4.78, 5) is 68.5. The van der Waals surface area contributed by atoms with Gasteiger partial charge in [0.05, 0.1) is 12.1 Å². The molecule has 2 aliphatic rings. The van der Waals surface area contributed by atoms with Crippen molar-refractivity contribution in [1.82, 2.24) is 30.7 Å². The van der Waals surface area contributed by atoms with E-state index < -0.39 is 83.2 Å². The van der Waals surface area contributed by atoms with Crippen LogP contribution in [0, 0.1) is 17.0 Å². The molecule has 0 bridgehead atoms. The number of nitrogens with two attached hydrogens (primary N) is 1. The molecule has 1 fully saturated rings. The third-order valence-electron chi connectivity index (χ3n) is 6.66. The molecule has 2 atom stereocenters. The number of aromatic carboxylic acids is 1. The number of fused-ring (bicyclic) bond motifs is 1. The van der Waals surface area contributed by atoms with Gasteiger partial charge in [0.25, 0.3) is 0 Å². The number of urea groups is 1. The number of halogens is 2. The Labute approximate surface area is 246 Å². The van der Waals surface area contributed by atoms with Crippen molar-refractivity contribution < 1.29 is 52.6 Å². The van der Waals surface area contributed by atoms with E-state index in [1.807, 2.05) is 0 Å². The molecular weight excluding hydrogens is 593 g/mol. The number of hydrogen-bond donors (Lipinski definition) is 8. The number of carboxylic acid groups (broad SMARTS) is 1. The maximum Gasteiger partial charge on any atom is 0.547 e. The van der Waals surface area contributed by atoms with Gasteiger partial charge >= 0.3 is 30.9 Å². The molecule has 0 radical (unpaired) electrons. The van der Waals surface area contributed by atoms with E-state index in [9.17, 15) is 48.0 Å². The molecule has 1 unspecified atom stereocenters. The fourth-order valence-corrected chi connectivity index (χ4v) is 4.54. The first kappa shape index (κ1) is 31.4. The predicted octanol–water partition coefficient (Wildman–Crippen LogP) is -2.19. The van der Waals surface area contributed by atoms with E-state index in [-0.39, 0.29) is 44.1 Å². The van der Waals surface area contributed by atoms with Gasteiger partial charge < -0.3 is 46.5 Å². The first-order valence-corrected chi connectivity index (χ1v) is 12.8. The molecule has 17 nitrogen and oxygen atoms in total. The number of rotatable bonds is 8. The molecule has 232 valence electrons. The summed E-state index contributed by atoms with van der Waals surface area (Å²) >= 11 is 0. The molecule has 1 aromatic carbocycles. The molecule has 0 spiro atoms. The van der Waals surface area contributed by atoms with Gasteiger partial charge in [0, 0.05) is 32.2 Å². The number of nitrogens with zero attached hydrogens (tertiary/aromatic N) is 3. The Kier molecular flexibility index (Phi) is 9.12. The highest BCUT2D eigenvalue weighted by atomic mass is 19.1. The van der Waals surface area contributed by atoms with Gasteiger partial charge in [-0.15, -0.1) is 0 Å². The Morgan fingerprint density at radius 2 is 1.93 bits per heavy atom. The van der Waals surface area contributed by atoms with E-state index >= 15 is 0 Å². The summed E-state index contributed by atoms with van der Waals surface area (Å²) in [5.74, 6) is -10.3. The molecule has 9 N–H and O–H groups in total. The van der Waals surface area contributed by atoms with Crippen LogP contribution in [0.3, 0.4) is 0 Å². The minimum absolute atomic E-state index is 0.0111. The normalized spacial score (nSPS) is 16.9. The molecule has 4 rings (SSSR count). The van der Waals surface area contributed by atoms with Gasteiger partial charge in [0.15, 0.2) is 17.8 Å². The lowest BCUT2D eigenvalue weighted by molar-refractivity contribution is -0.153. The van der Waals surface area contributed by atoms with Crippen LogP contribution in [-0.2, 0) is 20.8 Å². The second-order valence-electron chi connectivity index (χ2n) is 9.58. The number of carbonyl (C=O) groups is 5. The van der Waals surface area contributed by atoms with E-state index in [2.05, 4.69) is 20.9 Å². The van der Waals surface area contributed by atoms with Crippen LogP contribution in [0.2, 0.25) is 0 Å². The number of aromatic hydroxyl groups is 1. The van der Waals surface area contributed by atoms with Crippen molar-refractivity contribution in [3.05, 3.63) is 52.9 Å². The summed E-state index contributed by atoms with van der Waals surface area (Å²) in [6, 6.07) is -0.611. The Hall–Kier alpha value is -5.53. The van der Waals surface area contributed by atoms with Crippen molar-refractivity contribution in [2.75, 3.05) is 26.2 Å². The Morgan fingerprint density at radius 1 is 1.20 bits per heavy atom. The lowest BCUT2D eigenvalue weighted by atomic mass is 9.72. The standard InChI is InChI=1S/C24H25BF2N8O9/c26-12-2-1-10-7-14(25(43)44-18(10)15(12)22(40)41)32-19(37)17(16-13(27)8-11(36)9-31-16)33-24(42)35-6-5-34(20(38)21(35)39)4-3-30-23(28)29/h1-2,8-9,14,17,36,43H,3-7H2,(H,32,37)(H,33,42)(H,40,41)(H4,28,29,30)/t14-,17?/m0/s1. The molecule has 20 heteroatoms. The highest BCUT2D eigenvalue weighted by Gasteiger charge is 2.42. The predicted molar refractivity (Wildman–Crippen MR) is 143 cm³/mol. The Balaban J connectivity index is 1.53. The number of imide groups is 1. The topological polar surface area (TPSA) is 261 Å². The number of carbonyl (C=O) groups excluding carboxylic acids is 4. The van der Waals surface area contributed by atoms with Crippen LogP contribution in [0.1, 0.15) is 27.7 Å². The third kappa shape index (κ3) is 6.59. The van der Waals surface area contributed by atoms with Gasteiger partial charge in [-0.2, -0.15) is 0 Å². The van der Waals surface area contributed by atoms with Gasteiger partial charge in [0.1, 0.15) is 28.6 Å². The maximum absolute atomic E-state index is 14.8. The van der Waals surface area contributed by atoms with Crippen LogP contribution in [0.25, 0.3) is 0 Å². The Morgan fingerprint density at radius 3 is 2.59 bits per heavy atom. The van der Waals surface area contributed by atoms with Crippen molar-refractivity contribution >= 4 is 42.8 Å². The van der Waals surface area contributed by atoms with Gasteiger partial charge in [-0.25, -0.2) is 18.4 Å². The molecule has 0 aliphatic carbocycles. The second-order valence-corrected chi connectivity index (χ2v) is 9.58. The molecule has 2 aliphatic heterocycles. The first-order chi connectivity index (χ1) is 20.8. The molecular formula is C24H25BF2N8O9. The molecule has 2 aromatic rings. The number of hydrogen-bond acceptors (Lipinski definition) is 10. The Bertz CT molecular complexity index is 1550. The quantitative estimate of drug-likeness (QED) is 0.0679. The summed E-state index contributed by atoms with van der Waals surface area (Å²) in [7, 11) is -1.91. The average molecular weight is 618 g/mol. The molecule has 0 saturated carbocycles. The van der Waals surface area contributed by atoms with Crippen LogP contribution < -0.4 is 26.3 Å². The molecule has 3 heterocycles. The summed E-state index contributed by atoms with van der Waals surface area (Å²) in [5, 5.41) is 43.5. The zero-order valence-corrected chi connectivity index (χ0v) is 22.5. The number of guanidine groups is 1. The molecule has 1 saturated heterocycles. The number of benzene rings is 1. The average Bonchev–Trinajstić information content (AvgIpc) is 2.94. The summed E-state index contributed by atoms with van der Waals surface area (Å²) in [5.41, 5.74) is 3.75. The van der Waals surface area contributed by atoms with Gasteiger partial charge in [-0.1, -0.05) is 6.07 Å². The summed E-state index contributed by atoms with van der Waals surface area (Å²) < 4.78 is 34.1. The maximum atomic E-state index is 14.8. The van der Waals surface area contributed by atoms with Crippen LogP contribution in [-0.4, -0.2) is 105 Å². The summed E-state index contributed by atoms with van der Waals surface area (Å²) in [6.07, 6.45) is 0.507. The highest BCUT2D eigenvalue weighted by Crippen LogP contribution is 2.32. The molecule has 44 heavy (non-hydrogen) atoms. The van der Waals surface area contributed by atoms with Gasteiger partial charge in [-0.3, -0.25) is 29.7 Å². The van der Waals surface area contributed by atoms with E-state index in [4.69, 9.17) is 15.8 Å². The van der Waals surface area contributed by atoms with Crippen LogP contribution in [0.15, 0.2) is 24.4 Å². The minimum atomic E-state index is -1.99. The van der Waals surface area contributed by atoms with Gasteiger partial charge in [-0.05, 0) is 18.1 Å². The van der Waals surface area contributed by atoms with Crippen molar-refractivity contribution in [2.24, 2.45) is 5.73 Å². The number of aromatic nitrogens is 1. The van der Waals surface area contributed by atoms with Crippen LogP contribution >= 0.6 is 0 Å².